The summed E-state index contributed by atoms with van der Waals surface area (Å²) in [6.07, 6.45) is -3.25. The lowest BCUT2D eigenvalue weighted by molar-refractivity contribution is -0.274. The van der Waals surface area contributed by atoms with Gasteiger partial charge in [-0.15, -0.1) is 13.2 Å². The molecule has 1 aromatic carbocycles. The minimum atomic E-state index is -4.76. The van der Waals surface area contributed by atoms with Crippen molar-refractivity contribution in [2.24, 2.45) is 0 Å². The predicted molar refractivity (Wildman–Crippen MR) is 56.0 cm³/mol. The molecule has 1 aromatic heterocycles. The van der Waals surface area contributed by atoms with Crippen molar-refractivity contribution in [3.63, 3.8) is 0 Å². The summed E-state index contributed by atoms with van der Waals surface area (Å²) >= 11 is 0. The summed E-state index contributed by atoms with van der Waals surface area (Å²) in [5.41, 5.74) is 0.586. The molecule has 1 N–H and O–H groups in total. The van der Waals surface area contributed by atoms with Crippen molar-refractivity contribution >= 4 is 10.9 Å². The number of ether oxygens (including phenoxy) is 1. The highest BCUT2D eigenvalue weighted by Crippen LogP contribution is 2.24. The lowest BCUT2D eigenvalue weighted by atomic mass is 10.1. The molecule has 2 aromatic rings. The monoisotopic (exact) mass is 243 g/mol. The SMILES string of the molecule is Cc1c[nH]c2ccc(OC(F)(F)F)cc2c1=O. The summed E-state index contributed by atoms with van der Waals surface area (Å²) in [6, 6.07) is 3.60. The van der Waals surface area contributed by atoms with Crippen LogP contribution in [-0.2, 0) is 0 Å². The van der Waals surface area contributed by atoms with Gasteiger partial charge >= 0.3 is 6.36 Å². The van der Waals surface area contributed by atoms with Gasteiger partial charge in [-0.05, 0) is 25.1 Å². The average Bonchev–Trinajstić information content (AvgIpc) is 2.22. The number of H-pyrrole nitrogens is 1. The first-order valence-electron chi connectivity index (χ1n) is 4.74. The topological polar surface area (TPSA) is 42.1 Å². The van der Waals surface area contributed by atoms with Gasteiger partial charge in [-0.3, -0.25) is 4.79 Å². The van der Waals surface area contributed by atoms with E-state index in [2.05, 4.69) is 9.72 Å². The second kappa shape index (κ2) is 3.80. The first-order chi connectivity index (χ1) is 7.87. The quantitative estimate of drug-likeness (QED) is 0.836. The van der Waals surface area contributed by atoms with Crippen LogP contribution in [0, 0.1) is 6.92 Å². The molecule has 0 bridgehead atoms. The zero-order valence-corrected chi connectivity index (χ0v) is 8.76. The van der Waals surface area contributed by atoms with Crippen molar-refractivity contribution in [3.8, 4) is 5.75 Å². The number of hydrogen-bond acceptors (Lipinski definition) is 2. The van der Waals surface area contributed by atoms with Crippen molar-refractivity contribution in [2.45, 2.75) is 13.3 Å². The third-order valence-electron chi connectivity index (χ3n) is 2.27. The predicted octanol–water partition coefficient (Wildman–Crippen LogP) is 2.74. The Labute approximate surface area is 93.8 Å². The highest BCUT2D eigenvalue weighted by Gasteiger charge is 2.31. The van der Waals surface area contributed by atoms with Crippen LogP contribution in [0.3, 0.4) is 0 Å². The van der Waals surface area contributed by atoms with Crippen LogP contribution in [-0.4, -0.2) is 11.3 Å². The van der Waals surface area contributed by atoms with Gasteiger partial charge < -0.3 is 9.72 Å². The zero-order valence-electron chi connectivity index (χ0n) is 8.76. The van der Waals surface area contributed by atoms with E-state index >= 15 is 0 Å². The maximum atomic E-state index is 12.0. The molecule has 0 aliphatic rings. The Balaban J connectivity index is 2.57. The molecule has 0 spiro atoms. The summed E-state index contributed by atoms with van der Waals surface area (Å²) < 4.78 is 39.8. The fourth-order valence-electron chi connectivity index (χ4n) is 1.50. The number of hydrogen-bond donors (Lipinski definition) is 1. The minimum absolute atomic E-state index is 0.173. The van der Waals surface area contributed by atoms with Crippen molar-refractivity contribution in [3.05, 3.63) is 40.2 Å². The molecule has 0 radical (unpaired) electrons. The molecule has 0 amide bonds. The van der Waals surface area contributed by atoms with Gasteiger partial charge in [-0.2, -0.15) is 0 Å². The van der Waals surface area contributed by atoms with Crippen LogP contribution in [0.5, 0.6) is 5.75 Å². The van der Waals surface area contributed by atoms with Crippen LogP contribution >= 0.6 is 0 Å². The summed E-state index contributed by atoms with van der Waals surface area (Å²) in [5, 5.41) is 0.173. The molecule has 1 heterocycles. The molecule has 17 heavy (non-hydrogen) atoms. The Hall–Kier alpha value is -1.98. The maximum Gasteiger partial charge on any atom is 0.573 e. The van der Waals surface area contributed by atoms with Crippen LogP contribution in [0.15, 0.2) is 29.2 Å². The number of aromatic amines is 1. The number of rotatable bonds is 1. The first kappa shape index (κ1) is 11.5. The molecule has 0 saturated carbocycles. The van der Waals surface area contributed by atoms with Crippen molar-refractivity contribution in [1.29, 1.82) is 0 Å². The number of benzene rings is 1. The van der Waals surface area contributed by atoms with Crippen LogP contribution in [0.1, 0.15) is 5.56 Å². The third-order valence-corrected chi connectivity index (χ3v) is 2.27. The van der Waals surface area contributed by atoms with E-state index in [0.717, 1.165) is 12.1 Å². The number of fused-ring (bicyclic) bond motifs is 1. The molecular formula is C11H8F3NO2. The lowest BCUT2D eigenvalue weighted by Crippen LogP contribution is -2.17. The number of halogens is 3. The average molecular weight is 243 g/mol. The van der Waals surface area contributed by atoms with Crippen LogP contribution in [0.4, 0.5) is 13.2 Å². The van der Waals surface area contributed by atoms with Crippen LogP contribution in [0.2, 0.25) is 0 Å². The van der Waals surface area contributed by atoms with Gasteiger partial charge in [0, 0.05) is 22.7 Å². The second-order valence-electron chi connectivity index (χ2n) is 3.56. The second-order valence-corrected chi connectivity index (χ2v) is 3.56. The largest absolute Gasteiger partial charge is 0.573 e. The standard InChI is InChI=1S/C11H8F3NO2/c1-6-5-15-9-3-2-7(17-11(12,13)14)4-8(9)10(6)16/h2-5H,1H3,(H,15,16). The van der Waals surface area contributed by atoms with Crippen molar-refractivity contribution in [1.82, 2.24) is 4.98 Å². The van der Waals surface area contributed by atoms with E-state index in [1.807, 2.05) is 0 Å². The highest BCUT2D eigenvalue weighted by atomic mass is 19.4. The first-order valence-corrected chi connectivity index (χ1v) is 4.74. The lowest BCUT2D eigenvalue weighted by Gasteiger charge is -2.09. The van der Waals surface area contributed by atoms with E-state index in [9.17, 15) is 18.0 Å². The maximum absolute atomic E-state index is 12.0. The molecule has 0 aliphatic heterocycles. The van der Waals surface area contributed by atoms with E-state index in [4.69, 9.17) is 0 Å². The molecule has 0 saturated heterocycles. The van der Waals surface area contributed by atoms with Gasteiger partial charge in [0.15, 0.2) is 5.43 Å². The summed E-state index contributed by atoms with van der Waals surface area (Å²) in [5.74, 6) is -0.402. The van der Waals surface area contributed by atoms with Gasteiger partial charge in [0.2, 0.25) is 0 Å². The molecule has 6 heteroatoms. The van der Waals surface area contributed by atoms with Gasteiger partial charge in [0.1, 0.15) is 5.75 Å². The number of aromatic nitrogens is 1. The third kappa shape index (κ3) is 2.41. The molecular weight excluding hydrogens is 235 g/mol. The smallest absolute Gasteiger partial charge is 0.406 e. The van der Waals surface area contributed by atoms with Crippen LogP contribution in [0.25, 0.3) is 10.9 Å². The Morgan fingerprint density at radius 2 is 2.00 bits per heavy atom. The number of nitrogens with one attached hydrogen (secondary N) is 1. The van der Waals surface area contributed by atoms with Gasteiger partial charge in [0.25, 0.3) is 0 Å². The number of aryl methyl sites for hydroxylation is 1. The Morgan fingerprint density at radius 1 is 1.29 bits per heavy atom. The van der Waals surface area contributed by atoms with Gasteiger partial charge in [-0.1, -0.05) is 0 Å². The van der Waals surface area contributed by atoms with E-state index in [-0.39, 0.29) is 10.8 Å². The molecule has 3 nitrogen and oxygen atoms in total. The minimum Gasteiger partial charge on any atom is -0.406 e. The van der Waals surface area contributed by atoms with Crippen LogP contribution < -0.4 is 10.2 Å². The van der Waals surface area contributed by atoms with Gasteiger partial charge in [0.05, 0.1) is 0 Å². The molecule has 90 valence electrons. The number of pyridine rings is 1. The molecule has 0 fully saturated rings. The molecule has 0 atom stereocenters. The number of alkyl halides is 3. The van der Waals surface area contributed by atoms with Crippen molar-refractivity contribution < 1.29 is 17.9 Å². The summed E-state index contributed by atoms with van der Waals surface area (Å²) in [6.45, 7) is 1.58. The summed E-state index contributed by atoms with van der Waals surface area (Å²) in [7, 11) is 0. The van der Waals surface area contributed by atoms with Gasteiger partial charge in [-0.25, -0.2) is 0 Å². The molecule has 2 rings (SSSR count). The molecule has 0 aliphatic carbocycles. The summed E-state index contributed by atoms with van der Waals surface area (Å²) in [4.78, 5) is 14.5. The highest BCUT2D eigenvalue weighted by molar-refractivity contribution is 5.80. The van der Waals surface area contributed by atoms with Crippen molar-refractivity contribution in [2.75, 3.05) is 0 Å². The normalized spacial score (nSPS) is 11.8. The zero-order chi connectivity index (χ0) is 12.6. The Bertz CT molecular complexity index is 616. The fraction of sp³-hybridized carbons (Fsp3) is 0.182. The Morgan fingerprint density at radius 3 is 2.65 bits per heavy atom. The van der Waals surface area contributed by atoms with E-state index in [0.29, 0.717) is 11.1 Å². The van der Waals surface area contributed by atoms with E-state index in [1.165, 1.54) is 12.3 Å². The Kier molecular flexibility index (Phi) is 2.57. The van der Waals surface area contributed by atoms with E-state index < -0.39 is 12.1 Å². The van der Waals surface area contributed by atoms with E-state index in [1.54, 1.807) is 6.92 Å². The fourth-order valence-corrected chi connectivity index (χ4v) is 1.50. The molecule has 0 unspecified atom stereocenters.